The third kappa shape index (κ3) is 5.01. The van der Waals surface area contributed by atoms with Crippen LogP contribution in [0.25, 0.3) is 6.08 Å². The molecule has 2 rings (SSSR count). The molecule has 1 N–H and O–H groups in total. The smallest absolute Gasteiger partial charge is 0.337 e. The first kappa shape index (κ1) is 18.9. The summed E-state index contributed by atoms with van der Waals surface area (Å²) in [7, 11) is 2.41. The minimum Gasteiger partial charge on any atom is -0.465 e. The molecule has 2 aromatic rings. The number of carbonyl (C=O) groups excluding carboxylic acids is 3. The number of benzene rings is 2. The fraction of sp³-hybridized carbons (Fsp3) is 0.105. The Morgan fingerprint density at radius 1 is 0.923 bits per heavy atom. The highest BCUT2D eigenvalue weighted by Crippen LogP contribution is 2.17. The molecule has 0 aliphatic rings. The molecule has 2 aromatic carbocycles. The van der Waals surface area contributed by atoms with Crippen LogP contribution in [0.5, 0.6) is 0 Å². The number of amides is 1. The van der Waals surface area contributed by atoms with Gasteiger partial charge in [0.05, 0.1) is 25.3 Å². The van der Waals surface area contributed by atoms with Crippen molar-refractivity contribution in [2.45, 2.75) is 0 Å². The van der Waals surface area contributed by atoms with E-state index in [4.69, 9.17) is 0 Å². The van der Waals surface area contributed by atoms with Crippen LogP contribution in [0.15, 0.2) is 48.5 Å². The minimum atomic E-state index is -0.659. The van der Waals surface area contributed by atoms with Gasteiger partial charge in [-0.05, 0) is 42.0 Å². The third-order valence-corrected chi connectivity index (χ3v) is 3.34. The molecule has 0 saturated heterocycles. The number of methoxy groups -OCH3 is 2. The molecule has 0 aromatic heterocycles. The quantitative estimate of drug-likeness (QED) is 0.657. The van der Waals surface area contributed by atoms with Crippen LogP contribution in [0.1, 0.15) is 26.3 Å². The van der Waals surface area contributed by atoms with Gasteiger partial charge in [-0.3, -0.25) is 4.79 Å². The largest absolute Gasteiger partial charge is 0.465 e. The van der Waals surface area contributed by atoms with Crippen LogP contribution >= 0.6 is 0 Å². The van der Waals surface area contributed by atoms with Gasteiger partial charge in [-0.2, -0.15) is 0 Å². The van der Waals surface area contributed by atoms with E-state index in [2.05, 4.69) is 14.8 Å². The average molecular weight is 357 g/mol. The molecule has 0 aliphatic carbocycles. The van der Waals surface area contributed by atoms with Gasteiger partial charge in [0.25, 0.3) is 0 Å². The maximum atomic E-state index is 12.9. The lowest BCUT2D eigenvalue weighted by molar-refractivity contribution is -0.111. The fourth-order valence-corrected chi connectivity index (χ4v) is 2.10. The fourth-order valence-electron chi connectivity index (χ4n) is 2.10. The van der Waals surface area contributed by atoms with Gasteiger partial charge in [0.2, 0.25) is 5.91 Å². The Balaban J connectivity index is 2.21. The SMILES string of the molecule is COC(=O)c1cc(NC(=O)C=Cc2ccc(F)cc2)cc(C(=O)OC)c1. The van der Waals surface area contributed by atoms with E-state index >= 15 is 0 Å². The molecule has 0 fully saturated rings. The van der Waals surface area contributed by atoms with Gasteiger partial charge in [0.1, 0.15) is 5.82 Å². The zero-order valence-corrected chi connectivity index (χ0v) is 14.1. The van der Waals surface area contributed by atoms with Gasteiger partial charge in [-0.1, -0.05) is 12.1 Å². The van der Waals surface area contributed by atoms with Gasteiger partial charge in [0.15, 0.2) is 0 Å². The lowest BCUT2D eigenvalue weighted by Gasteiger charge is -2.08. The number of ether oxygens (including phenoxy) is 2. The van der Waals surface area contributed by atoms with Crippen molar-refractivity contribution < 1.29 is 28.2 Å². The van der Waals surface area contributed by atoms with Crippen molar-refractivity contribution in [1.82, 2.24) is 0 Å². The first-order valence-electron chi connectivity index (χ1n) is 7.49. The number of halogens is 1. The van der Waals surface area contributed by atoms with Crippen molar-refractivity contribution in [3.63, 3.8) is 0 Å². The molecular formula is C19H16FNO5. The summed E-state index contributed by atoms with van der Waals surface area (Å²) >= 11 is 0. The number of hydrogen-bond acceptors (Lipinski definition) is 5. The second kappa shape index (κ2) is 8.57. The molecule has 0 atom stereocenters. The molecule has 0 unspecified atom stereocenters. The molecule has 0 saturated carbocycles. The number of anilines is 1. The van der Waals surface area contributed by atoms with Crippen LogP contribution in [0.4, 0.5) is 10.1 Å². The van der Waals surface area contributed by atoms with E-state index in [0.29, 0.717) is 5.56 Å². The summed E-state index contributed by atoms with van der Waals surface area (Å²) in [5, 5.41) is 2.55. The normalized spacial score (nSPS) is 10.4. The van der Waals surface area contributed by atoms with Gasteiger partial charge >= 0.3 is 11.9 Å². The lowest BCUT2D eigenvalue weighted by Crippen LogP contribution is -2.12. The Kier molecular flexibility index (Phi) is 6.21. The predicted molar refractivity (Wildman–Crippen MR) is 93.2 cm³/mol. The van der Waals surface area contributed by atoms with E-state index in [0.717, 1.165) is 0 Å². The summed E-state index contributed by atoms with van der Waals surface area (Å²) in [5.74, 6) is -2.19. The number of nitrogens with one attached hydrogen (secondary N) is 1. The first-order chi connectivity index (χ1) is 12.4. The van der Waals surface area contributed by atoms with Gasteiger partial charge in [-0.25, -0.2) is 14.0 Å². The zero-order valence-electron chi connectivity index (χ0n) is 14.1. The second-order valence-electron chi connectivity index (χ2n) is 5.16. The number of rotatable bonds is 5. The average Bonchev–Trinajstić information content (AvgIpc) is 2.65. The summed E-state index contributed by atoms with van der Waals surface area (Å²) in [6.45, 7) is 0. The van der Waals surface area contributed by atoms with E-state index in [9.17, 15) is 18.8 Å². The van der Waals surface area contributed by atoms with Crippen LogP contribution in [0.3, 0.4) is 0 Å². The summed E-state index contributed by atoms with van der Waals surface area (Å²) < 4.78 is 22.1. The molecule has 0 heterocycles. The summed E-state index contributed by atoms with van der Waals surface area (Å²) in [4.78, 5) is 35.5. The number of esters is 2. The highest BCUT2D eigenvalue weighted by atomic mass is 19.1. The molecule has 0 bridgehead atoms. The summed E-state index contributed by atoms with van der Waals surface area (Å²) in [6, 6.07) is 9.66. The molecule has 6 nitrogen and oxygen atoms in total. The molecular weight excluding hydrogens is 341 g/mol. The molecule has 0 aliphatic heterocycles. The Morgan fingerprint density at radius 3 is 1.96 bits per heavy atom. The van der Waals surface area contributed by atoms with Crippen LogP contribution in [0, 0.1) is 5.82 Å². The predicted octanol–water partition coefficient (Wildman–Crippen LogP) is 3.05. The Hall–Kier alpha value is -3.48. The topological polar surface area (TPSA) is 81.7 Å². The second-order valence-corrected chi connectivity index (χ2v) is 5.16. The molecule has 134 valence electrons. The number of hydrogen-bond donors (Lipinski definition) is 1. The van der Waals surface area contributed by atoms with Gasteiger partial charge in [-0.15, -0.1) is 0 Å². The minimum absolute atomic E-state index is 0.0909. The Bertz CT molecular complexity index is 824. The third-order valence-electron chi connectivity index (χ3n) is 3.34. The lowest BCUT2D eigenvalue weighted by atomic mass is 10.1. The van der Waals surface area contributed by atoms with Gasteiger partial charge < -0.3 is 14.8 Å². The molecule has 1 amide bonds. The molecule has 7 heteroatoms. The number of carbonyl (C=O) groups is 3. The van der Waals surface area contributed by atoms with Crippen LogP contribution < -0.4 is 5.32 Å². The van der Waals surface area contributed by atoms with Crippen molar-refractivity contribution in [3.05, 3.63) is 71.0 Å². The maximum Gasteiger partial charge on any atom is 0.337 e. The van der Waals surface area contributed by atoms with Crippen molar-refractivity contribution in [2.75, 3.05) is 19.5 Å². The van der Waals surface area contributed by atoms with E-state index < -0.39 is 17.8 Å². The van der Waals surface area contributed by atoms with Crippen LogP contribution in [-0.4, -0.2) is 32.1 Å². The van der Waals surface area contributed by atoms with Crippen molar-refractivity contribution in [2.24, 2.45) is 0 Å². The Morgan fingerprint density at radius 2 is 1.46 bits per heavy atom. The maximum absolute atomic E-state index is 12.9. The van der Waals surface area contributed by atoms with E-state index in [1.807, 2.05) is 0 Å². The van der Waals surface area contributed by atoms with Crippen LogP contribution in [0.2, 0.25) is 0 Å². The van der Waals surface area contributed by atoms with E-state index in [1.165, 1.54) is 68.8 Å². The zero-order chi connectivity index (χ0) is 19.1. The standard InChI is InChI=1S/C19H16FNO5/c1-25-18(23)13-9-14(19(24)26-2)11-16(10-13)21-17(22)8-5-12-3-6-15(20)7-4-12/h3-11H,1-2H3,(H,21,22). The van der Waals surface area contributed by atoms with Crippen LogP contribution in [-0.2, 0) is 14.3 Å². The first-order valence-corrected chi connectivity index (χ1v) is 7.49. The summed E-state index contributed by atoms with van der Waals surface area (Å²) in [5.41, 5.74) is 1.04. The van der Waals surface area contributed by atoms with Crippen molar-refractivity contribution in [3.8, 4) is 0 Å². The Labute approximate surface area is 149 Å². The van der Waals surface area contributed by atoms with Crippen molar-refractivity contribution >= 4 is 29.6 Å². The van der Waals surface area contributed by atoms with Crippen molar-refractivity contribution in [1.29, 1.82) is 0 Å². The van der Waals surface area contributed by atoms with E-state index in [1.54, 1.807) is 0 Å². The highest BCUT2D eigenvalue weighted by Gasteiger charge is 2.14. The summed E-state index contributed by atoms with van der Waals surface area (Å²) in [6.07, 6.45) is 2.75. The van der Waals surface area contributed by atoms with Gasteiger partial charge in [0, 0.05) is 11.8 Å². The molecule has 0 radical (unpaired) electrons. The molecule has 26 heavy (non-hydrogen) atoms. The highest BCUT2D eigenvalue weighted by molar-refractivity contribution is 6.04. The van der Waals surface area contributed by atoms with E-state index in [-0.39, 0.29) is 22.6 Å². The molecule has 0 spiro atoms. The monoisotopic (exact) mass is 357 g/mol.